The van der Waals surface area contributed by atoms with Crippen LogP contribution in [0.1, 0.15) is 36.2 Å². The number of nitrogens with one attached hydrogen (secondary N) is 2. The summed E-state index contributed by atoms with van der Waals surface area (Å²) in [6.07, 6.45) is 1.60. The molecule has 0 saturated heterocycles. The van der Waals surface area contributed by atoms with Crippen LogP contribution in [-0.2, 0) is 0 Å². The molecule has 2 heterocycles. The van der Waals surface area contributed by atoms with Gasteiger partial charge in [0, 0.05) is 12.1 Å². The number of hydrogen-bond acceptors (Lipinski definition) is 4. The number of aromatic nitrogens is 4. The van der Waals surface area contributed by atoms with Gasteiger partial charge in [0.05, 0.1) is 0 Å². The number of H-pyrrole nitrogens is 1. The second-order valence-electron chi connectivity index (χ2n) is 3.87. The number of hydrogen-bond donors (Lipinski definition) is 2. The molecule has 2 aromatic heterocycles. The first kappa shape index (κ1) is 11.3. The molecule has 17 heavy (non-hydrogen) atoms. The first-order chi connectivity index (χ1) is 8.16. The standard InChI is InChI=1S/C11H13N5O/c1-7(2)9-14-10(16-15-9)11(17)13-8-5-3-4-6-12-8/h3-7H,1-2H3,(H,12,13,17)(H,14,15,16). The number of rotatable bonds is 3. The second-order valence-corrected chi connectivity index (χ2v) is 3.87. The number of anilines is 1. The highest BCUT2D eigenvalue weighted by atomic mass is 16.2. The Balaban J connectivity index is 2.10. The zero-order valence-corrected chi connectivity index (χ0v) is 9.64. The quantitative estimate of drug-likeness (QED) is 0.839. The van der Waals surface area contributed by atoms with Crippen LogP contribution in [0.4, 0.5) is 5.82 Å². The molecular weight excluding hydrogens is 218 g/mol. The van der Waals surface area contributed by atoms with E-state index in [1.54, 1.807) is 24.4 Å². The van der Waals surface area contributed by atoms with Gasteiger partial charge in [0.2, 0.25) is 5.82 Å². The van der Waals surface area contributed by atoms with E-state index in [1.807, 2.05) is 13.8 Å². The molecule has 0 unspecified atom stereocenters. The molecular formula is C11H13N5O. The summed E-state index contributed by atoms with van der Waals surface area (Å²) in [5.74, 6) is 1.13. The average molecular weight is 231 g/mol. The Kier molecular flexibility index (Phi) is 3.13. The highest BCUT2D eigenvalue weighted by molar-refractivity contribution is 6.00. The summed E-state index contributed by atoms with van der Waals surface area (Å²) in [7, 11) is 0. The molecule has 2 N–H and O–H groups in total. The van der Waals surface area contributed by atoms with E-state index in [2.05, 4.69) is 25.5 Å². The van der Waals surface area contributed by atoms with Crippen LogP contribution in [0.5, 0.6) is 0 Å². The van der Waals surface area contributed by atoms with E-state index >= 15 is 0 Å². The second kappa shape index (κ2) is 4.73. The zero-order chi connectivity index (χ0) is 12.3. The van der Waals surface area contributed by atoms with Gasteiger partial charge in [0.25, 0.3) is 5.91 Å². The average Bonchev–Trinajstić information content (AvgIpc) is 2.79. The van der Waals surface area contributed by atoms with Crippen molar-refractivity contribution in [1.82, 2.24) is 20.2 Å². The van der Waals surface area contributed by atoms with Crippen LogP contribution in [0.25, 0.3) is 0 Å². The smallest absolute Gasteiger partial charge is 0.296 e. The first-order valence-electron chi connectivity index (χ1n) is 5.31. The first-order valence-corrected chi connectivity index (χ1v) is 5.31. The van der Waals surface area contributed by atoms with Gasteiger partial charge >= 0.3 is 0 Å². The molecule has 6 heteroatoms. The molecule has 2 aromatic rings. The van der Waals surface area contributed by atoms with Gasteiger partial charge in [-0.3, -0.25) is 9.89 Å². The monoisotopic (exact) mass is 231 g/mol. The summed E-state index contributed by atoms with van der Waals surface area (Å²) in [5, 5.41) is 9.20. The summed E-state index contributed by atoms with van der Waals surface area (Å²) in [4.78, 5) is 19.8. The Morgan fingerprint density at radius 1 is 1.41 bits per heavy atom. The summed E-state index contributed by atoms with van der Waals surface area (Å²) in [6.45, 7) is 3.95. The highest BCUT2D eigenvalue weighted by Gasteiger charge is 2.14. The Morgan fingerprint density at radius 2 is 2.24 bits per heavy atom. The molecule has 0 aromatic carbocycles. The topological polar surface area (TPSA) is 83.6 Å². The van der Waals surface area contributed by atoms with Gasteiger partial charge in [-0.1, -0.05) is 19.9 Å². The molecule has 0 saturated carbocycles. The minimum atomic E-state index is -0.369. The van der Waals surface area contributed by atoms with Crippen molar-refractivity contribution in [2.45, 2.75) is 19.8 Å². The largest absolute Gasteiger partial charge is 0.304 e. The van der Waals surface area contributed by atoms with Crippen LogP contribution >= 0.6 is 0 Å². The minimum absolute atomic E-state index is 0.124. The van der Waals surface area contributed by atoms with Crippen LogP contribution in [0.3, 0.4) is 0 Å². The molecule has 0 radical (unpaired) electrons. The number of carbonyl (C=O) groups is 1. The maximum atomic E-state index is 11.8. The van der Waals surface area contributed by atoms with Crippen LogP contribution in [0.15, 0.2) is 24.4 Å². The summed E-state index contributed by atoms with van der Waals surface area (Å²) in [6, 6.07) is 5.27. The lowest BCUT2D eigenvalue weighted by molar-refractivity contribution is 0.101. The van der Waals surface area contributed by atoms with Crippen LogP contribution in [0.2, 0.25) is 0 Å². The van der Waals surface area contributed by atoms with Crippen molar-refractivity contribution in [1.29, 1.82) is 0 Å². The van der Waals surface area contributed by atoms with Gasteiger partial charge in [-0.25, -0.2) is 9.97 Å². The number of aromatic amines is 1. The van der Waals surface area contributed by atoms with E-state index in [0.29, 0.717) is 11.6 Å². The molecule has 0 fully saturated rings. The van der Waals surface area contributed by atoms with Gasteiger partial charge in [-0.2, -0.15) is 0 Å². The lowest BCUT2D eigenvalue weighted by Gasteiger charge is -1.99. The van der Waals surface area contributed by atoms with Crippen LogP contribution < -0.4 is 5.32 Å². The molecule has 1 amide bonds. The Labute approximate surface area is 98.5 Å². The predicted octanol–water partition coefficient (Wildman–Crippen LogP) is 1.58. The summed E-state index contributed by atoms with van der Waals surface area (Å²) >= 11 is 0. The third kappa shape index (κ3) is 2.66. The molecule has 0 aliphatic carbocycles. The lowest BCUT2D eigenvalue weighted by atomic mass is 10.2. The van der Waals surface area contributed by atoms with E-state index < -0.39 is 0 Å². The number of amides is 1. The molecule has 0 aliphatic rings. The number of carbonyl (C=O) groups excluding carboxylic acids is 1. The minimum Gasteiger partial charge on any atom is -0.304 e. The van der Waals surface area contributed by atoms with E-state index in [9.17, 15) is 4.79 Å². The number of pyridine rings is 1. The van der Waals surface area contributed by atoms with Crippen molar-refractivity contribution in [2.75, 3.05) is 5.32 Å². The van der Waals surface area contributed by atoms with Gasteiger partial charge < -0.3 is 5.32 Å². The van der Waals surface area contributed by atoms with E-state index in [1.165, 1.54) is 0 Å². The Morgan fingerprint density at radius 3 is 2.82 bits per heavy atom. The van der Waals surface area contributed by atoms with Crippen molar-refractivity contribution in [3.05, 3.63) is 36.0 Å². The van der Waals surface area contributed by atoms with Gasteiger partial charge in [0.15, 0.2) is 0 Å². The van der Waals surface area contributed by atoms with E-state index in [0.717, 1.165) is 0 Å². The van der Waals surface area contributed by atoms with Crippen LogP contribution in [-0.4, -0.2) is 26.1 Å². The maximum absolute atomic E-state index is 11.8. The lowest BCUT2D eigenvalue weighted by Crippen LogP contribution is -2.14. The van der Waals surface area contributed by atoms with Gasteiger partial charge in [-0.05, 0) is 12.1 Å². The number of nitrogens with zero attached hydrogens (tertiary/aromatic N) is 3. The third-order valence-electron chi connectivity index (χ3n) is 2.16. The fourth-order valence-corrected chi connectivity index (χ4v) is 1.24. The molecule has 0 aliphatic heterocycles. The normalized spacial score (nSPS) is 10.5. The molecule has 6 nitrogen and oxygen atoms in total. The highest BCUT2D eigenvalue weighted by Crippen LogP contribution is 2.08. The molecule has 88 valence electrons. The predicted molar refractivity (Wildman–Crippen MR) is 62.7 cm³/mol. The summed E-state index contributed by atoms with van der Waals surface area (Å²) in [5.41, 5.74) is 0. The Bertz CT molecular complexity index is 506. The van der Waals surface area contributed by atoms with Crippen LogP contribution in [0, 0.1) is 0 Å². The van der Waals surface area contributed by atoms with Crippen molar-refractivity contribution in [2.24, 2.45) is 0 Å². The molecule has 0 bridgehead atoms. The van der Waals surface area contributed by atoms with Gasteiger partial charge in [-0.15, -0.1) is 5.10 Å². The zero-order valence-electron chi connectivity index (χ0n) is 9.64. The van der Waals surface area contributed by atoms with Crippen molar-refractivity contribution >= 4 is 11.7 Å². The molecule has 0 spiro atoms. The molecule has 0 atom stereocenters. The van der Waals surface area contributed by atoms with Crippen molar-refractivity contribution in [3.63, 3.8) is 0 Å². The molecule has 2 rings (SSSR count). The SMILES string of the molecule is CC(C)c1nc(C(=O)Nc2ccccn2)n[nH]1. The fraction of sp³-hybridized carbons (Fsp3) is 0.273. The Hall–Kier alpha value is -2.24. The van der Waals surface area contributed by atoms with Gasteiger partial charge in [0.1, 0.15) is 11.6 Å². The van der Waals surface area contributed by atoms with Crippen molar-refractivity contribution < 1.29 is 4.79 Å². The van der Waals surface area contributed by atoms with Crippen molar-refractivity contribution in [3.8, 4) is 0 Å². The fourth-order valence-electron chi connectivity index (χ4n) is 1.24. The maximum Gasteiger partial charge on any atom is 0.296 e. The van der Waals surface area contributed by atoms with E-state index in [-0.39, 0.29) is 17.6 Å². The van der Waals surface area contributed by atoms with E-state index in [4.69, 9.17) is 0 Å². The third-order valence-corrected chi connectivity index (χ3v) is 2.16. The summed E-state index contributed by atoms with van der Waals surface area (Å²) < 4.78 is 0.